The molecule has 2 nitrogen and oxygen atoms in total. The molecule has 0 unspecified atom stereocenters. The summed E-state index contributed by atoms with van der Waals surface area (Å²) in [4.78, 5) is 8.18. The number of thiol groups is 2. The molecule has 1 heterocycles. The van der Waals surface area contributed by atoms with E-state index in [-0.39, 0.29) is 0 Å². The Morgan fingerprint density at radius 2 is 1.31 bits per heavy atom. The van der Waals surface area contributed by atoms with E-state index >= 15 is 0 Å². The van der Waals surface area contributed by atoms with Crippen LogP contribution in [-0.2, 0) is 0 Å². The molecule has 0 saturated heterocycles. The third-order valence-electron chi connectivity index (χ3n) is 2.60. The molecule has 1 aromatic rings. The summed E-state index contributed by atoms with van der Waals surface area (Å²) in [5.41, 5.74) is 3.88. The van der Waals surface area contributed by atoms with Crippen LogP contribution >= 0.6 is 37.5 Å². The summed E-state index contributed by atoms with van der Waals surface area (Å²) in [6.07, 6.45) is 0. The molecule has 1 aliphatic carbocycles. The molecular weight excluding hydrogens is 256 g/mol. The Hall–Kier alpha value is -0.910. The van der Waals surface area contributed by atoms with Gasteiger partial charge in [0.25, 0.3) is 0 Å². The molecule has 0 saturated carbocycles. The van der Waals surface area contributed by atoms with Gasteiger partial charge >= 0.3 is 0 Å². The van der Waals surface area contributed by atoms with Gasteiger partial charge in [-0.05, 0) is 12.1 Å². The Bertz CT molecular complexity index is 653. The maximum absolute atomic E-state index is 5.24. The zero-order valence-electron chi connectivity index (χ0n) is 8.11. The molecule has 0 aromatic heterocycles. The van der Waals surface area contributed by atoms with Crippen LogP contribution in [0.3, 0.4) is 0 Å². The number of aromatic nitrogens is 2. The molecule has 0 spiro atoms. The summed E-state index contributed by atoms with van der Waals surface area (Å²) >= 11 is 14.1. The van der Waals surface area contributed by atoms with Gasteiger partial charge in [0.15, 0.2) is 0 Å². The van der Waals surface area contributed by atoms with E-state index in [9.17, 15) is 0 Å². The monoisotopic (exact) mass is 264 g/mol. The standard InChI is InChI=1S/C11H8N2S3/c14-9-7-8(10(15)11(9)16)13-6-4-2-1-3-5(6)12-7/h1-4,12-13H,(H2,14,15,16). The highest BCUT2D eigenvalue weighted by atomic mass is 32.1. The van der Waals surface area contributed by atoms with Crippen molar-refractivity contribution < 1.29 is 0 Å². The highest BCUT2D eigenvalue weighted by Crippen LogP contribution is 2.36. The van der Waals surface area contributed by atoms with E-state index in [1.165, 1.54) is 0 Å². The van der Waals surface area contributed by atoms with E-state index < -0.39 is 0 Å². The van der Waals surface area contributed by atoms with E-state index in [0.29, 0.717) is 4.51 Å². The van der Waals surface area contributed by atoms with Gasteiger partial charge in [0.1, 0.15) is 0 Å². The van der Waals surface area contributed by atoms with E-state index in [1.54, 1.807) is 0 Å². The minimum atomic E-state index is 0.685. The van der Waals surface area contributed by atoms with Gasteiger partial charge in [0, 0.05) is 9.79 Å². The van der Waals surface area contributed by atoms with E-state index in [0.717, 1.165) is 32.2 Å². The first kappa shape index (κ1) is 10.3. The van der Waals surface area contributed by atoms with Gasteiger partial charge in [-0.25, -0.2) is 0 Å². The van der Waals surface area contributed by atoms with Crippen molar-refractivity contribution >= 4 is 48.5 Å². The molecule has 80 valence electrons. The molecule has 5 heteroatoms. The Balaban J connectivity index is 2.57. The zero-order chi connectivity index (χ0) is 11.3. The van der Waals surface area contributed by atoms with Crippen molar-refractivity contribution in [2.24, 2.45) is 0 Å². The maximum atomic E-state index is 5.24. The summed E-state index contributed by atoms with van der Waals surface area (Å²) < 4.78 is 0.685. The molecule has 2 N–H and O–H groups in total. The van der Waals surface area contributed by atoms with Crippen molar-refractivity contribution in [2.75, 3.05) is 0 Å². The fraction of sp³-hybridized carbons (Fsp3) is 0. The second kappa shape index (κ2) is 3.55. The Morgan fingerprint density at radius 1 is 0.875 bits per heavy atom. The van der Waals surface area contributed by atoms with Crippen molar-refractivity contribution in [3.05, 3.63) is 28.8 Å². The van der Waals surface area contributed by atoms with Crippen LogP contribution in [0.1, 0.15) is 0 Å². The molecule has 2 aliphatic rings. The zero-order valence-corrected chi connectivity index (χ0v) is 10.7. The molecule has 0 radical (unpaired) electrons. The number of nitrogens with one attached hydrogen (secondary N) is 2. The van der Waals surface area contributed by atoms with Crippen molar-refractivity contribution in [2.45, 2.75) is 9.79 Å². The Labute approximate surface area is 108 Å². The molecule has 16 heavy (non-hydrogen) atoms. The lowest BCUT2D eigenvalue weighted by molar-refractivity contribution is 1.25. The first-order chi connectivity index (χ1) is 7.68. The minimum Gasteiger partial charge on any atom is -0.351 e. The van der Waals surface area contributed by atoms with Gasteiger partial charge in [-0.1, -0.05) is 24.4 Å². The van der Waals surface area contributed by atoms with Crippen LogP contribution in [0.5, 0.6) is 0 Å². The molecule has 0 amide bonds. The summed E-state index contributed by atoms with van der Waals surface area (Å²) in [6, 6.07) is 7.98. The van der Waals surface area contributed by atoms with Crippen LogP contribution in [0.15, 0.2) is 34.1 Å². The summed E-state index contributed by atoms with van der Waals surface area (Å²) in [6.45, 7) is 0. The third kappa shape index (κ3) is 1.32. The molecule has 1 aliphatic heterocycles. The first-order valence-electron chi connectivity index (χ1n) is 4.73. The van der Waals surface area contributed by atoms with Crippen LogP contribution in [-0.4, -0.2) is 9.97 Å². The summed E-state index contributed by atoms with van der Waals surface area (Å²) in [7, 11) is 0. The van der Waals surface area contributed by atoms with Gasteiger partial charge < -0.3 is 9.97 Å². The average Bonchev–Trinajstić information content (AvgIpc) is 2.52. The molecular formula is C11H8N2S3. The number of para-hydroxylation sites is 2. The predicted molar refractivity (Wildman–Crippen MR) is 74.6 cm³/mol. The third-order valence-corrected chi connectivity index (χ3v) is 4.21. The van der Waals surface area contributed by atoms with Crippen LogP contribution in [0, 0.1) is 4.51 Å². The summed E-state index contributed by atoms with van der Waals surface area (Å²) in [5, 5.41) is 0. The fourth-order valence-corrected chi connectivity index (χ4v) is 2.64. The molecule has 0 bridgehead atoms. The lowest BCUT2D eigenvalue weighted by Gasteiger charge is -2.06. The van der Waals surface area contributed by atoms with Gasteiger partial charge in [0.05, 0.1) is 26.9 Å². The number of fused-ring (bicyclic) bond motifs is 2. The van der Waals surface area contributed by atoms with E-state index in [1.807, 2.05) is 24.3 Å². The summed E-state index contributed by atoms with van der Waals surface area (Å²) in [5.74, 6) is 0. The molecule has 3 rings (SSSR count). The van der Waals surface area contributed by atoms with Crippen molar-refractivity contribution in [1.82, 2.24) is 9.97 Å². The topological polar surface area (TPSA) is 31.6 Å². The molecule has 0 fully saturated rings. The van der Waals surface area contributed by atoms with Gasteiger partial charge in [-0.3, -0.25) is 0 Å². The van der Waals surface area contributed by atoms with Gasteiger partial charge in [-0.15, -0.1) is 25.3 Å². The quantitative estimate of drug-likeness (QED) is 0.360. The van der Waals surface area contributed by atoms with Crippen LogP contribution < -0.4 is 0 Å². The van der Waals surface area contributed by atoms with Crippen molar-refractivity contribution in [3.8, 4) is 11.4 Å². The number of hydrogen-bond donors (Lipinski definition) is 4. The van der Waals surface area contributed by atoms with Crippen molar-refractivity contribution in [1.29, 1.82) is 0 Å². The molecule has 0 atom stereocenters. The lowest BCUT2D eigenvalue weighted by Crippen LogP contribution is -1.90. The number of rotatable bonds is 0. The molecule has 1 aromatic carbocycles. The normalized spacial score (nSPS) is 11.4. The Kier molecular flexibility index (Phi) is 2.27. The van der Waals surface area contributed by atoms with Gasteiger partial charge in [0.2, 0.25) is 0 Å². The predicted octanol–water partition coefficient (Wildman–Crippen LogP) is 3.91. The fourth-order valence-electron chi connectivity index (χ4n) is 1.79. The lowest BCUT2D eigenvalue weighted by atomic mass is 10.2. The average molecular weight is 264 g/mol. The minimum absolute atomic E-state index is 0.685. The number of aromatic amines is 2. The van der Waals surface area contributed by atoms with E-state index in [4.69, 9.17) is 12.2 Å². The Morgan fingerprint density at radius 3 is 1.75 bits per heavy atom. The van der Waals surface area contributed by atoms with Gasteiger partial charge in [-0.2, -0.15) is 0 Å². The maximum Gasteiger partial charge on any atom is 0.0786 e. The largest absolute Gasteiger partial charge is 0.351 e. The van der Waals surface area contributed by atoms with E-state index in [2.05, 4.69) is 35.2 Å². The van der Waals surface area contributed by atoms with Crippen molar-refractivity contribution in [3.63, 3.8) is 0 Å². The highest BCUT2D eigenvalue weighted by Gasteiger charge is 2.16. The van der Waals surface area contributed by atoms with Crippen LogP contribution in [0.25, 0.3) is 22.4 Å². The number of H-pyrrole nitrogens is 2. The second-order valence-electron chi connectivity index (χ2n) is 3.57. The number of benzene rings is 1. The highest BCUT2D eigenvalue weighted by molar-refractivity contribution is 7.82. The SMILES string of the molecule is S=c1c(S)c2[nH]c3ccccc3[nH]c-2c1S. The second-order valence-corrected chi connectivity index (χ2v) is 4.87. The van der Waals surface area contributed by atoms with Crippen LogP contribution in [0.2, 0.25) is 0 Å². The number of hydrogen-bond acceptors (Lipinski definition) is 3. The first-order valence-corrected chi connectivity index (χ1v) is 6.03. The smallest absolute Gasteiger partial charge is 0.0786 e. The van der Waals surface area contributed by atoms with Crippen LogP contribution in [0.4, 0.5) is 0 Å².